The smallest absolute Gasteiger partial charge is 0.187 e. The molecule has 0 saturated carbocycles. The molecule has 1 rings (SSSR count). The van der Waals surface area contributed by atoms with Crippen molar-refractivity contribution in [2.45, 2.75) is 69.4 Å². The van der Waals surface area contributed by atoms with Crippen LogP contribution in [0.3, 0.4) is 0 Å². The zero-order valence-electron chi connectivity index (χ0n) is 11.4. The van der Waals surface area contributed by atoms with Crippen LogP contribution in [-0.4, -0.2) is 47.0 Å². The van der Waals surface area contributed by atoms with Crippen LogP contribution in [0.4, 0.5) is 0 Å². The predicted octanol–water partition coefficient (Wildman–Crippen LogP) is 2.13. The Hall–Kier alpha value is 0.190. The number of rotatable bonds is 9. The molecular weight excluding hydrogens is 252 g/mol. The summed E-state index contributed by atoms with van der Waals surface area (Å²) in [5.74, 6) is 0.955. The van der Waals surface area contributed by atoms with Gasteiger partial charge in [-0.25, -0.2) is 0 Å². The van der Waals surface area contributed by atoms with Crippen molar-refractivity contribution in [2.75, 3.05) is 12.9 Å². The molecule has 108 valence electrons. The number of aliphatic hydroxyl groups excluding tert-OH is 2. The molecule has 18 heavy (non-hydrogen) atoms. The number of aliphatic hydroxyl groups is 2. The minimum Gasteiger partial charge on any atom is -0.387 e. The van der Waals surface area contributed by atoms with Crippen molar-refractivity contribution in [3.63, 3.8) is 0 Å². The van der Waals surface area contributed by atoms with Gasteiger partial charge < -0.3 is 19.7 Å². The van der Waals surface area contributed by atoms with E-state index in [9.17, 15) is 10.2 Å². The largest absolute Gasteiger partial charge is 0.387 e. The highest BCUT2D eigenvalue weighted by Gasteiger charge is 2.42. The first kappa shape index (κ1) is 16.2. The average Bonchev–Trinajstić information content (AvgIpc) is 2.65. The Kier molecular flexibility index (Phi) is 8.26. The highest BCUT2D eigenvalue weighted by molar-refractivity contribution is 7.99. The predicted molar refractivity (Wildman–Crippen MR) is 73.5 cm³/mol. The van der Waals surface area contributed by atoms with E-state index >= 15 is 0 Å². The van der Waals surface area contributed by atoms with Gasteiger partial charge in [-0.15, -0.1) is 11.8 Å². The fraction of sp³-hybridized carbons (Fsp3) is 1.00. The van der Waals surface area contributed by atoms with E-state index in [1.807, 2.05) is 0 Å². The fourth-order valence-electron chi connectivity index (χ4n) is 2.03. The molecule has 0 spiro atoms. The molecule has 4 nitrogen and oxygen atoms in total. The molecule has 1 aliphatic heterocycles. The van der Waals surface area contributed by atoms with Crippen molar-refractivity contribution in [2.24, 2.45) is 0 Å². The average molecular weight is 278 g/mol. The highest BCUT2D eigenvalue weighted by Crippen LogP contribution is 2.30. The van der Waals surface area contributed by atoms with Gasteiger partial charge in [0.2, 0.25) is 0 Å². The molecular formula is C13H26O4S. The van der Waals surface area contributed by atoms with Gasteiger partial charge in [-0.05, 0) is 12.2 Å². The summed E-state index contributed by atoms with van der Waals surface area (Å²) in [5, 5.41) is 19.4. The third-order valence-corrected chi connectivity index (χ3v) is 4.43. The standard InChI is InChI=1S/C13H26O4S/c1-3-4-5-6-7-8-9-18-13-11(15)10(14)12(16-2)17-13/h10-15H,3-9H2,1-2H3/t10-,11-,12+,13?/m0/s1. The van der Waals surface area contributed by atoms with Gasteiger partial charge in [0, 0.05) is 7.11 Å². The first-order valence-corrected chi connectivity index (χ1v) is 7.91. The maximum atomic E-state index is 9.76. The second-order valence-electron chi connectivity index (χ2n) is 4.73. The summed E-state index contributed by atoms with van der Waals surface area (Å²) in [6, 6.07) is 0. The summed E-state index contributed by atoms with van der Waals surface area (Å²) in [4.78, 5) is 0. The van der Waals surface area contributed by atoms with Crippen LogP contribution in [0.15, 0.2) is 0 Å². The summed E-state index contributed by atoms with van der Waals surface area (Å²) in [5.41, 5.74) is -0.361. The van der Waals surface area contributed by atoms with E-state index in [4.69, 9.17) is 9.47 Å². The lowest BCUT2D eigenvalue weighted by Crippen LogP contribution is -2.32. The second kappa shape index (κ2) is 9.15. The first-order valence-electron chi connectivity index (χ1n) is 6.86. The minimum atomic E-state index is -0.933. The van der Waals surface area contributed by atoms with Crippen LogP contribution in [0.25, 0.3) is 0 Å². The summed E-state index contributed by atoms with van der Waals surface area (Å²) >= 11 is 1.57. The van der Waals surface area contributed by atoms with Crippen LogP contribution < -0.4 is 0 Å². The lowest BCUT2D eigenvalue weighted by Gasteiger charge is -2.13. The van der Waals surface area contributed by atoms with Gasteiger partial charge >= 0.3 is 0 Å². The number of ether oxygens (including phenoxy) is 2. The molecule has 0 bridgehead atoms. The lowest BCUT2D eigenvalue weighted by atomic mass is 10.1. The molecule has 5 heteroatoms. The SMILES string of the molecule is CCCCCCCCSC1O[C@@H](OC)[C@@H](O)[C@@H]1O. The van der Waals surface area contributed by atoms with Crippen molar-refractivity contribution in [1.82, 2.24) is 0 Å². The Labute approximate surface area is 114 Å². The molecule has 1 aliphatic rings. The zero-order chi connectivity index (χ0) is 13.4. The molecule has 0 aromatic rings. The van der Waals surface area contributed by atoms with E-state index in [0.29, 0.717) is 0 Å². The first-order chi connectivity index (χ1) is 8.70. The van der Waals surface area contributed by atoms with Crippen molar-refractivity contribution >= 4 is 11.8 Å². The molecule has 0 aromatic heterocycles. The summed E-state index contributed by atoms with van der Waals surface area (Å²) in [6.45, 7) is 2.21. The van der Waals surface area contributed by atoms with Crippen molar-refractivity contribution in [3.8, 4) is 0 Å². The monoisotopic (exact) mass is 278 g/mol. The Morgan fingerprint density at radius 3 is 2.33 bits per heavy atom. The highest BCUT2D eigenvalue weighted by atomic mass is 32.2. The number of hydrogen-bond acceptors (Lipinski definition) is 5. The Morgan fingerprint density at radius 2 is 1.72 bits per heavy atom. The molecule has 1 saturated heterocycles. The van der Waals surface area contributed by atoms with Gasteiger partial charge in [0.15, 0.2) is 6.29 Å². The fourth-order valence-corrected chi connectivity index (χ4v) is 3.18. The van der Waals surface area contributed by atoms with Gasteiger partial charge in [0.05, 0.1) is 0 Å². The Morgan fingerprint density at radius 1 is 1.06 bits per heavy atom. The van der Waals surface area contributed by atoms with Crippen molar-refractivity contribution < 1.29 is 19.7 Å². The molecule has 2 N–H and O–H groups in total. The summed E-state index contributed by atoms with van der Waals surface area (Å²) in [7, 11) is 1.47. The van der Waals surface area contributed by atoms with Gasteiger partial charge in [0.25, 0.3) is 0 Å². The number of thioether (sulfide) groups is 1. The quantitative estimate of drug-likeness (QED) is 0.633. The molecule has 0 aliphatic carbocycles. The lowest BCUT2D eigenvalue weighted by molar-refractivity contribution is -0.138. The van der Waals surface area contributed by atoms with Crippen molar-refractivity contribution in [3.05, 3.63) is 0 Å². The van der Waals surface area contributed by atoms with E-state index in [0.717, 1.165) is 12.2 Å². The van der Waals surface area contributed by atoms with Gasteiger partial charge in [-0.2, -0.15) is 0 Å². The molecule has 1 heterocycles. The third kappa shape index (κ3) is 5.05. The van der Waals surface area contributed by atoms with Gasteiger partial charge in [-0.3, -0.25) is 0 Å². The Balaban J connectivity index is 2.05. The molecule has 1 unspecified atom stereocenters. The summed E-state index contributed by atoms with van der Waals surface area (Å²) < 4.78 is 10.4. The topological polar surface area (TPSA) is 58.9 Å². The number of unbranched alkanes of at least 4 members (excludes halogenated alkanes) is 5. The van der Waals surface area contributed by atoms with E-state index in [-0.39, 0.29) is 5.44 Å². The van der Waals surface area contributed by atoms with Gasteiger partial charge in [0.1, 0.15) is 17.6 Å². The number of methoxy groups -OCH3 is 1. The van der Waals surface area contributed by atoms with E-state index < -0.39 is 18.5 Å². The van der Waals surface area contributed by atoms with E-state index in [2.05, 4.69) is 6.92 Å². The maximum Gasteiger partial charge on any atom is 0.187 e. The van der Waals surface area contributed by atoms with Crippen LogP contribution in [-0.2, 0) is 9.47 Å². The Bertz CT molecular complexity index is 215. The molecule has 0 amide bonds. The van der Waals surface area contributed by atoms with Crippen molar-refractivity contribution in [1.29, 1.82) is 0 Å². The van der Waals surface area contributed by atoms with E-state index in [1.165, 1.54) is 39.2 Å². The normalized spacial score (nSPS) is 32.0. The van der Waals surface area contributed by atoms with E-state index in [1.54, 1.807) is 11.8 Å². The zero-order valence-corrected chi connectivity index (χ0v) is 12.2. The van der Waals surface area contributed by atoms with Gasteiger partial charge in [-0.1, -0.05) is 39.0 Å². The molecule has 4 atom stereocenters. The third-order valence-electron chi connectivity index (χ3n) is 3.19. The minimum absolute atomic E-state index is 0.361. The van der Waals surface area contributed by atoms with Crippen LogP contribution in [0, 0.1) is 0 Å². The van der Waals surface area contributed by atoms with Crippen LogP contribution >= 0.6 is 11.8 Å². The van der Waals surface area contributed by atoms with Crippen LogP contribution in [0.5, 0.6) is 0 Å². The maximum absolute atomic E-state index is 9.76. The van der Waals surface area contributed by atoms with Crippen LogP contribution in [0.1, 0.15) is 45.4 Å². The number of hydrogen-bond donors (Lipinski definition) is 2. The molecule has 1 fully saturated rings. The van der Waals surface area contributed by atoms with Crippen LogP contribution in [0.2, 0.25) is 0 Å². The molecule has 0 aromatic carbocycles. The molecule has 0 radical (unpaired) electrons. The summed E-state index contributed by atoms with van der Waals surface area (Å²) in [6.07, 6.45) is 5.08. The second-order valence-corrected chi connectivity index (χ2v) is 5.93.